The second-order valence-electron chi connectivity index (χ2n) is 6.85. The van der Waals surface area contributed by atoms with Gasteiger partial charge < -0.3 is 5.73 Å². The lowest BCUT2D eigenvalue weighted by Gasteiger charge is -2.28. The molecule has 0 aliphatic carbocycles. The predicted molar refractivity (Wildman–Crippen MR) is 108 cm³/mol. The van der Waals surface area contributed by atoms with Crippen molar-refractivity contribution >= 4 is 0 Å². The molecular weight excluding hydrogens is 278 g/mol. The first kappa shape index (κ1) is 26.4. The van der Waals surface area contributed by atoms with E-state index in [2.05, 4.69) is 60.6 Å². The molecule has 0 saturated heterocycles. The second kappa shape index (κ2) is 18.5. The van der Waals surface area contributed by atoms with Crippen LogP contribution >= 0.6 is 0 Å². The van der Waals surface area contributed by atoms with Crippen LogP contribution in [0.4, 0.5) is 0 Å². The maximum Gasteiger partial charge on any atom is -0.00772 e. The van der Waals surface area contributed by atoms with E-state index < -0.39 is 0 Å². The third-order valence-corrected chi connectivity index (χ3v) is 3.26. The Labute approximate surface area is 146 Å². The van der Waals surface area contributed by atoms with E-state index in [0.717, 1.165) is 18.4 Å². The molecule has 1 unspecified atom stereocenters. The fourth-order valence-corrected chi connectivity index (χ4v) is 2.22. The van der Waals surface area contributed by atoms with Crippen LogP contribution in [0.5, 0.6) is 0 Å². The molecule has 1 rings (SSSR count). The molecule has 0 fully saturated rings. The summed E-state index contributed by atoms with van der Waals surface area (Å²) in [6.45, 7) is 18.5. The van der Waals surface area contributed by atoms with Crippen molar-refractivity contribution in [2.75, 3.05) is 6.54 Å². The van der Waals surface area contributed by atoms with Crippen LogP contribution in [-0.4, -0.2) is 6.54 Å². The van der Waals surface area contributed by atoms with E-state index in [1.807, 2.05) is 36.4 Å². The molecular formula is C22H39N. The van der Waals surface area contributed by atoms with E-state index in [0.29, 0.717) is 5.41 Å². The summed E-state index contributed by atoms with van der Waals surface area (Å²) in [5.74, 6) is 1.65. The normalized spacial score (nSPS) is 10.8. The molecule has 1 aromatic carbocycles. The monoisotopic (exact) mass is 317 g/mol. The number of hydrogen-bond donors (Lipinski definition) is 1. The second-order valence-corrected chi connectivity index (χ2v) is 6.85. The van der Waals surface area contributed by atoms with Crippen LogP contribution in [-0.2, 0) is 0 Å². The lowest BCUT2D eigenvalue weighted by atomic mass is 9.77. The molecule has 0 spiro atoms. The quantitative estimate of drug-likeness (QED) is 0.510. The van der Waals surface area contributed by atoms with Crippen LogP contribution in [0.3, 0.4) is 0 Å². The van der Waals surface area contributed by atoms with Crippen molar-refractivity contribution in [3.63, 3.8) is 0 Å². The van der Waals surface area contributed by atoms with Gasteiger partial charge in [-0.25, -0.2) is 0 Å². The molecule has 23 heavy (non-hydrogen) atoms. The molecule has 1 heteroatoms. The maximum absolute atomic E-state index is 5.54. The van der Waals surface area contributed by atoms with Gasteiger partial charge in [0.25, 0.3) is 0 Å². The van der Waals surface area contributed by atoms with Gasteiger partial charge in [-0.2, -0.15) is 0 Å². The van der Waals surface area contributed by atoms with Gasteiger partial charge in [-0.05, 0) is 43.1 Å². The number of rotatable bonds is 5. The standard InChI is InChI=1S/C12H27N.C6H6.C2H4.C2H2/c1-10(2)11(7-6-8-13)9-12(3,4)5;1-2-4-6-5-3-1;2*1-2/h10-11H,6-9,13H2,1-5H3;1-6H;1-2H2;1-2H. The van der Waals surface area contributed by atoms with Crippen molar-refractivity contribution in [1.82, 2.24) is 0 Å². The highest BCUT2D eigenvalue weighted by atomic mass is 14.5. The van der Waals surface area contributed by atoms with Crippen molar-refractivity contribution in [2.24, 2.45) is 23.0 Å². The van der Waals surface area contributed by atoms with Crippen LogP contribution in [0.1, 0.15) is 53.9 Å². The van der Waals surface area contributed by atoms with E-state index in [1.54, 1.807) is 0 Å². The zero-order valence-corrected chi connectivity index (χ0v) is 16.1. The van der Waals surface area contributed by atoms with Gasteiger partial charge in [0.2, 0.25) is 0 Å². The van der Waals surface area contributed by atoms with Gasteiger partial charge in [0.1, 0.15) is 0 Å². The van der Waals surface area contributed by atoms with Gasteiger partial charge in [-0.15, -0.1) is 26.0 Å². The summed E-state index contributed by atoms with van der Waals surface area (Å²) in [5.41, 5.74) is 6.00. The fourth-order valence-electron chi connectivity index (χ4n) is 2.22. The zero-order valence-electron chi connectivity index (χ0n) is 16.1. The minimum Gasteiger partial charge on any atom is -0.330 e. The molecule has 0 radical (unpaired) electrons. The van der Waals surface area contributed by atoms with Gasteiger partial charge in [-0.1, -0.05) is 71.0 Å². The summed E-state index contributed by atoms with van der Waals surface area (Å²) >= 11 is 0. The highest BCUT2D eigenvalue weighted by Crippen LogP contribution is 2.31. The molecule has 1 atom stereocenters. The van der Waals surface area contributed by atoms with Gasteiger partial charge in [0.15, 0.2) is 0 Å². The van der Waals surface area contributed by atoms with Gasteiger partial charge in [-0.3, -0.25) is 0 Å². The van der Waals surface area contributed by atoms with Crippen LogP contribution in [0.2, 0.25) is 0 Å². The van der Waals surface area contributed by atoms with E-state index in [1.165, 1.54) is 19.3 Å². The molecule has 0 amide bonds. The van der Waals surface area contributed by atoms with Crippen LogP contribution in [0.15, 0.2) is 49.6 Å². The van der Waals surface area contributed by atoms with Crippen LogP contribution in [0, 0.1) is 30.1 Å². The highest BCUT2D eigenvalue weighted by molar-refractivity contribution is 4.99. The fraction of sp³-hybridized carbons (Fsp3) is 0.545. The van der Waals surface area contributed by atoms with Gasteiger partial charge in [0.05, 0.1) is 0 Å². The van der Waals surface area contributed by atoms with Crippen LogP contribution < -0.4 is 5.73 Å². The topological polar surface area (TPSA) is 26.0 Å². The Kier molecular flexibility index (Phi) is 21.3. The summed E-state index contributed by atoms with van der Waals surface area (Å²) in [7, 11) is 0. The van der Waals surface area contributed by atoms with Crippen molar-refractivity contribution < 1.29 is 0 Å². The first-order valence-electron chi connectivity index (χ1n) is 8.40. The lowest BCUT2D eigenvalue weighted by molar-refractivity contribution is 0.228. The third-order valence-electron chi connectivity index (χ3n) is 3.26. The van der Waals surface area contributed by atoms with Gasteiger partial charge in [0, 0.05) is 0 Å². The lowest BCUT2D eigenvalue weighted by Crippen LogP contribution is -2.18. The first-order chi connectivity index (χ1) is 10.9. The number of nitrogens with two attached hydrogens (primary N) is 1. The maximum atomic E-state index is 5.54. The summed E-state index contributed by atoms with van der Waals surface area (Å²) in [6, 6.07) is 12.0. The number of terminal acetylenes is 1. The summed E-state index contributed by atoms with van der Waals surface area (Å²) in [5, 5.41) is 0. The van der Waals surface area contributed by atoms with E-state index in [4.69, 9.17) is 5.73 Å². The Morgan fingerprint density at radius 3 is 1.48 bits per heavy atom. The van der Waals surface area contributed by atoms with Crippen molar-refractivity contribution in [2.45, 2.75) is 53.9 Å². The molecule has 0 aliphatic rings. The molecule has 2 N–H and O–H groups in total. The average molecular weight is 318 g/mol. The molecule has 0 bridgehead atoms. The molecule has 0 saturated carbocycles. The Balaban J connectivity index is -0.000000330. The molecule has 0 heterocycles. The summed E-state index contributed by atoms with van der Waals surface area (Å²) < 4.78 is 0. The Hall–Kier alpha value is -1.52. The first-order valence-corrected chi connectivity index (χ1v) is 8.40. The highest BCUT2D eigenvalue weighted by Gasteiger charge is 2.20. The van der Waals surface area contributed by atoms with E-state index >= 15 is 0 Å². The SMILES string of the molecule is C#C.C=C.CC(C)C(CCCN)CC(C)(C)C.c1ccccc1. The number of hydrogen-bond acceptors (Lipinski definition) is 1. The number of benzene rings is 1. The predicted octanol–water partition coefficient (Wildman–Crippen LogP) is 6.17. The van der Waals surface area contributed by atoms with Crippen molar-refractivity contribution in [1.29, 1.82) is 0 Å². The largest absolute Gasteiger partial charge is 0.330 e. The average Bonchev–Trinajstić information content (AvgIpc) is 2.56. The van der Waals surface area contributed by atoms with E-state index in [-0.39, 0.29) is 0 Å². The minimum atomic E-state index is 0.462. The summed E-state index contributed by atoms with van der Waals surface area (Å²) in [6.07, 6.45) is 11.8. The van der Waals surface area contributed by atoms with E-state index in [9.17, 15) is 0 Å². The molecule has 132 valence electrons. The van der Waals surface area contributed by atoms with Crippen LogP contribution in [0.25, 0.3) is 0 Å². The third kappa shape index (κ3) is 22.9. The van der Waals surface area contributed by atoms with Gasteiger partial charge >= 0.3 is 0 Å². The minimum absolute atomic E-state index is 0.462. The molecule has 1 aromatic rings. The summed E-state index contributed by atoms with van der Waals surface area (Å²) in [4.78, 5) is 0. The van der Waals surface area contributed by atoms with Crippen molar-refractivity contribution in [3.8, 4) is 12.8 Å². The Bertz CT molecular complexity index is 305. The Morgan fingerprint density at radius 2 is 1.26 bits per heavy atom. The molecule has 0 aromatic heterocycles. The zero-order chi connectivity index (χ0) is 18.7. The van der Waals surface area contributed by atoms with Crippen molar-refractivity contribution in [3.05, 3.63) is 49.6 Å². The smallest absolute Gasteiger partial charge is 0.00772 e. The Morgan fingerprint density at radius 1 is 0.913 bits per heavy atom. The molecule has 1 nitrogen and oxygen atoms in total. The molecule has 0 aliphatic heterocycles.